The van der Waals surface area contributed by atoms with Gasteiger partial charge in [0.25, 0.3) is 5.91 Å². The van der Waals surface area contributed by atoms with Gasteiger partial charge >= 0.3 is 0 Å². The Morgan fingerprint density at radius 3 is 2.47 bits per heavy atom. The summed E-state index contributed by atoms with van der Waals surface area (Å²) < 4.78 is 12.2. The van der Waals surface area contributed by atoms with E-state index in [2.05, 4.69) is 82.7 Å². The molecular formula is C43H46N6O6. The van der Waals surface area contributed by atoms with Crippen LogP contribution in [0.25, 0.3) is 11.1 Å². The highest BCUT2D eigenvalue weighted by molar-refractivity contribution is 6.08. The molecule has 284 valence electrons. The van der Waals surface area contributed by atoms with Gasteiger partial charge in [0.2, 0.25) is 18.2 Å². The number of benzene rings is 3. The van der Waals surface area contributed by atoms with Gasteiger partial charge in [-0.2, -0.15) is 5.26 Å². The summed E-state index contributed by atoms with van der Waals surface area (Å²) >= 11 is 0. The third-order valence-corrected chi connectivity index (χ3v) is 11.2. The van der Waals surface area contributed by atoms with Crippen LogP contribution in [0.4, 0.5) is 17.1 Å². The van der Waals surface area contributed by atoms with Gasteiger partial charge in [-0.15, -0.1) is 0 Å². The van der Waals surface area contributed by atoms with Crippen molar-refractivity contribution >= 4 is 41.2 Å². The highest BCUT2D eigenvalue weighted by Gasteiger charge is 2.45. The molecule has 55 heavy (non-hydrogen) atoms. The Bertz CT molecular complexity index is 2160. The minimum absolute atomic E-state index is 0.0576. The van der Waals surface area contributed by atoms with Crippen LogP contribution >= 0.6 is 0 Å². The van der Waals surface area contributed by atoms with E-state index in [9.17, 15) is 24.4 Å². The van der Waals surface area contributed by atoms with Gasteiger partial charge in [-0.25, -0.2) is 0 Å². The molecule has 1 N–H and O–H groups in total. The van der Waals surface area contributed by atoms with Crippen molar-refractivity contribution in [1.82, 2.24) is 15.4 Å². The fraction of sp³-hybridized carbons (Fsp3) is 0.395. The van der Waals surface area contributed by atoms with Crippen molar-refractivity contribution in [1.29, 1.82) is 5.26 Å². The first-order chi connectivity index (χ1) is 26.4. The van der Waals surface area contributed by atoms with Gasteiger partial charge in [0.15, 0.2) is 0 Å². The maximum Gasteiger partial charge on any atom is 0.261 e. The van der Waals surface area contributed by atoms with Crippen LogP contribution in [0.5, 0.6) is 0 Å². The molecule has 3 heterocycles. The Balaban J connectivity index is 1.09. The molecule has 2 saturated heterocycles. The first-order valence-corrected chi connectivity index (χ1v) is 18.9. The Morgan fingerprint density at radius 1 is 1.07 bits per heavy atom. The predicted molar refractivity (Wildman–Crippen MR) is 207 cm³/mol. The molecule has 1 saturated carbocycles. The number of nitrogens with one attached hydrogen (secondary N) is 1. The number of piperidine rings is 1. The molecule has 12 nitrogen and oxygen atoms in total. The van der Waals surface area contributed by atoms with E-state index in [1.165, 1.54) is 0 Å². The van der Waals surface area contributed by atoms with Crippen LogP contribution in [0.2, 0.25) is 0 Å². The summed E-state index contributed by atoms with van der Waals surface area (Å²) in [5.41, 5.74) is 8.46. The van der Waals surface area contributed by atoms with E-state index in [1.807, 2.05) is 26.0 Å². The lowest BCUT2D eigenvalue weighted by Crippen LogP contribution is -2.53. The lowest BCUT2D eigenvalue weighted by Gasteiger charge is -2.31. The van der Waals surface area contributed by atoms with E-state index in [0.717, 1.165) is 74.9 Å². The number of amides is 4. The Labute approximate surface area is 321 Å². The molecule has 1 aliphatic carbocycles. The van der Waals surface area contributed by atoms with Gasteiger partial charge in [0.1, 0.15) is 11.8 Å². The van der Waals surface area contributed by atoms with E-state index in [1.54, 1.807) is 13.0 Å². The van der Waals surface area contributed by atoms with Crippen LogP contribution < -0.4 is 15.1 Å². The normalized spacial score (nSPS) is 19.4. The van der Waals surface area contributed by atoms with Crippen LogP contribution in [0.3, 0.4) is 0 Å². The predicted octanol–water partition coefficient (Wildman–Crippen LogP) is 6.36. The van der Waals surface area contributed by atoms with Crippen LogP contribution in [0, 0.1) is 39.0 Å². The summed E-state index contributed by atoms with van der Waals surface area (Å²) in [4.78, 5) is 55.2. The summed E-state index contributed by atoms with van der Waals surface area (Å²) in [6, 6.07) is 21.8. The number of hydrogen-bond acceptors (Lipinski definition) is 10. The number of rotatable bonds is 12. The van der Waals surface area contributed by atoms with Gasteiger partial charge < -0.3 is 19.1 Å². The minimum atomic E-state index is -1.04. The van der Waals surface area contributed by atoms with E-state index in [0.29, 0.717) is 37.2 Å². The van der Waals surface area contributed by atoms with Crippen molar-refractivity contribution in [3.8, 4) is 17.2 Å². The molecule has 3 atom stereocenters. The molecule has 1 aromatic heterocycles. The zero-order valence-corrected chi connectivity index (χ0v) is 31.9. The number of anilines is 3. The molecule has 12 heteroatoms. The van der Waals surface area contributed by atoms with E-state index in [4.69, 9.17) is 9.26 Å². The van der Waals surface area contributed by atoms with Crippen LogP contribution in [-0.2, 0) is 24.5 Å². The highest BCUT2D eigenvalue weighted by Crippen LogP contribution is 2.48. The van der Waals surface area contributed by atoms with E-state index in [-0.39, 0.29) is 30.5 Å². The number of hydrogen-bond donors (Lipinski definition) is 1. The highest BCUT2D eigenvalue weighted by atomic mass is 16.5. The maximum atomic E-state index is 13.6. The lowest BCUT2D eigenvalue weighted by molar-refractivity contribution is -0.139. The summed E-state index contributed by atoms with van der Waals surface area (Å²) in [6.45, 7) is 11.7. The summed E-state index contributed by atoms with van der Waals surface area (Å²) in [5.74, 6) is -0.882. The van der Waals surface area contributed by atoms with Crippen molar-refractivity contribution in [2.24, 2.45) is 0 Å². The number of aryl methyl sites for hydroxylation is 4. The molecule has 3 unspecified atom stereocenters. The zero-order chi connectivity index (χ0) is 39.0. The smallest absolute Gasteiger partial charge is 0.261 e. The first-order valence-electron chi connectivity index (χ1n) is 18.9. The number of aromatic nitrogens is 1. The van der Waals surface area contributed by atoms with Gasteiger partial charge in [-0.1, -0.05) is 35.5 Å². The number of carbonyl (C=O) groups is 4. The largest absolute Gasteiger partial charge is 0.372 e. The topological polar surface area (TPSA) is 149 Å². The van der Waals surface area contributed by atoms with Gasteiger partial charge in [0.05, 0.1) is 29.4 Å². The van der Waals surface area contributed by atoms with Crippen molar-refractivity contribution < 1.29 is 28.4 Å². The molecular weight excluding hydrogens is 697 g/mol. The average molecular weight is 743 g/mol. The molecule has 0 spiro atoms. The molecule has 4 aromatic rings. The average Bonchev–Trinajstić information content (AvgIpc) is 3.72. The second kappa shape index (κ2) is 15.1. The molecule has 7 rings (SSSR count). The van der Waals surface area contributed by atoms with Crippen LogP contribution in [0.1, 0.15) is 77.5 Å². The maximum absolute atomic E-state index is 13.6. The van der Waals surface area contributed by atoms with Crippen molar-refractivity contribution in [2.75, 3.05) is 29.4 Å². The third-order valence-electron chi connectivity index (χ3n) is 11.2. The molecule has 0 radical (unpaired) electrons. The third kappa shape index (κ3) is 7.49. The number of carbonyl (C=O) groups excluding carboxylic acids is 4. The number of ether oxygens (including phenoxy) is 1. The molecule has 3 aliphatic rings. The van der Waals surface area contributed by atoms with Gasteiger partial charge in [-0.05, 0) is 113 Å². The Morgan fingerprint density at radius 2 is 1.82 bits per heavy atom. The minimum Gasteiger partial charge on any atom is -0.372 e. The zero-order valence-electron chi connectivity index (χ0n) is 31.9. The molecule has 0 bridgehead atoms. The SMILES string of the molecule is Cc1ccc(N2CCC(OC(C)CN(c3ccc(C4(C#N)CC4)cc3)c3cc(-c4c(C)noc4C)ccc3C)C2)cc1C(=O)N(C=O)C1CCC(=O)NC1=O. The first kappa shape index (κ1) is 37.5. The van der Waals surface area contributed by atoms with E-state index < -0.39 is 23.8 Å². The lowest BCUT2D eigenvalue weighted by atomic mass is 9.97. The Hall–Kier alpha value is -5.80. The molecule has 2 aliphatic heterocycles. The van der Waals surface area contributed by atoms with Crippen molar-refractivity contribution in [3.05, 3.63) is 94.4 Å². The fourth-order valence-electron chi connectivity index (χ4n) is 7.93. The second-order valence-electron chi connectivity index (χ2n) is 15.1. The summed E-state index contributed by atoms with van der Waals surface area (Å²) in [7, 11) is 0. The monoisotopic (exact) mass is 742 g/mol. The molecule has 3 aromatic carbocycles. The molecule has 4 amide bonds. The quantitative estimate of drug-likeness (QED) is 0.128. The number of nitriles is 1. The standard InChI is InChI=1S/C43H46N6O6/c1-26-7-11-34(21-36(26)42(53)49(25-50)37-14-15-39(51)45-41(37)52)47-19-16-35(23-47)54-28(3)22-48(33-12-9-32(10-13-33)43(24-44)17-18-43)38-20-31(8-6-27(38)2)40-29(4)46-55-30(40)5/h6-13,20-21,25,28,35,37H,14-19,22-23H2,1-5H3,(H,45,51,52). The summed E-state index contributed by atoms with van der Waals surface area (Å²) in [5, 5.41) is 16.2. The molecule has 3 fully saturated rings. The van der Waals surface area contributed by atoms with Gasteiger partial charge in [0, 0.05) is 54.2 Å². The summed E-state index contributed by atoms with van der Waals surface area (Å²) in [6.07, 6.45) is 2.82. The van der Waals surface area contributed by atoms with Gasteiger partial charge in [-0.3, -0.25) is 29.4 Å². The second-order valence-corrected chi connectivity index (χ2v) is 15.1. The number of nitrogens with zero attached hydrogens (tertiary/aromatic N) is 5. The fourth-order valence-corrected chi connectivity index (χ4v) is 7.93. The van der Waals surface area contributed by atoms with E-state index >= 15 is 0 Å². The van der Waals surface area contributed by atoms with Crippen LogP contribution in [0.15, 0.2) is 65.2 Å². The number of imide groups is 2. The van der Waals surface area contributed by atoms with Crippen molar-refractivity contribution in [3.63, 3.8) is 0 Å². The Kier molecular flexibility index (Phi) is 10.3. The van der Waals surface area contributed by atoms with Crippen molar-refractivity contribution in [2.45, 2.75) is 90.4 Å². The van der Waals surface area contributed by atoms with Crippen LogP contribution in [-0.4, -0.2) is 72.1 Å².